The maximum absolute atomic E-state index is 12.3. The normalized spacial score (nSPS) is 10.0. The molecule has 1 aromatic carbocycles. The highest BCUT2D eigenvalue weighted by molar-refractivity contribution is 6.10. The molecule has 1 rings (SSSR count). The molecule has 0 saturated carbocycles. The third kappa shape index (κ3) is 5.09. The second-order valence-electron chi connectivity index (χ2n) is 4.66. The lowest BCUT2D eigenvalue weighted by Crippen LogP contribution is -2.20. The zero-order chi connectivity index (χ0) is 17.2. The summed E-state index contributed by atoms with van der Waals surface area (Å²) >= 11 is 0. The Bertz CT molecular complexity index is 528. The van der Waals surface area contributed by atoms with Crippen LogP contribution in [0.2, 0.25) is 0 Å². The van der Waals surface area contributed by atoms with Crippen LogP contribution in [0.4, 0.5) is 0 Å². The summed E-state index contributed by atoms with van der Waals surface area (Å²) in [5, 5.41) is 0. The molecule has 6 heteroatoms. The minimum absolute atomic E-state index is 0.00102. The second kappa shape index (κ2) is 9.61. The molecule has 6 nitrogen and oxygen atoms in total. The zero-order valence-electron chi connectivity index (χ0n) is 13.7. The number of ether oxygens (including phenoxy) is 3. The lowest BCUT2D eigenvalue weighted by molar-refractivity contribution is 0.0444. The van der Waals surface area contributed by atoms with Gasteiger partial charge in [-0.05, 0) is 32.4 Å². The lowest BCUT2D eigenvalue weighted by Gasteiger charge is -2.13. The Hall–Kier alpha value is -2.37. The number of rotatable bonds is 8. The Balaban J connectivity index is 3.24. The van der Waals surface area contributed by atoms with Crippen LogP contribution >= 0.6 is 0 Å². The predicted octanol–water partition coefficient (Wildman–Crippen LogP) is 3.00. The molecule has 23 heavy (non-hydrogen) atoms. The van der Waals surface area contributed by atoms with Crippen LogP contribution in [0.25, 0.3) is 0 Å². The van der Waals surface area contributed by atoms with Crippen molar-refractivity contribution in [3.63, 3.8) is 0 Å². The van der Waals surface area contributed by atoms with Crippen LogP contribution in [0.1, 0.15) is 64.7 Å². The molecule has 0 aromatic heterocycles. The summed E-state index contributed by atoms with van der Waals surface area (Å²) in [5.74, 6) is -2.09. The van der Waals surface area contributed by atoms with Crippen LogP contribution in [0.5, 0.6) is 0 Å². The third-order valence-corrected chi connectivity index (χ3v) is 2.99. The minimum atomic E-state index is -0.731. The summed E-state index contributed by atoms with van der Waals surface area (Å²) in [6, 6.07) is 4.36. The zero-order valence-corrected chi connectivity index (χ0v) is 13.7. The van der Waals surface area contributed by atoms with E-state index >= 15 is 0 Å². The van der Waals surface area contributed by atoms with Crippen molar-refractivity contribution in [1.29, 1.82) is 0 Å². The van der Waals surface area contributed by atoms with Crippen LogP contribution in [-0.4, -0.2) is 37.7 Å². The standard InChI is InChI=1S/C17H22O6/c1-4-7-11-23-17(20)14-12(15(18)21-5-2)9-8-10-13(14)16(19)22-6-3/h8-10H,4-7,11H2,1-3H3. The molecular weight excluding hydrogens is 300 g/mol. The Kier molecular flexibility index (Phi) is 7.80. The quantitative estimate of drug-likeness (QED) is 0.416. The molecule has 0 atom stereocenters. The van der Waals surface area contributed by atoms with Crippen molar-refractivity contribution in [2.45, 2.75) is 33.6 Å². The summed E-state index contributed by atoms with van der Waals surface area (Å²) in [7, 11) is 0. The van der Waals surface area contributed by atoms with Gasteiger partial charge in [-0.15, -0.1) is 0 Å². The van der Waals surface area contributed by atoms with Gasteiger partial charge in [-0.3, -0.25) is 0 Å². The number of unbranched alkanes of at least 4 members (excludes halogenated alkanes) is 1. The molecule has 0 N–H and O–H groups in total. The summed E-state index contributed by atoms with van der Waals surface area (Å²) < 4.78 is 15.0. The number of carbonyl (C=O) groups is 3. The summed E-state index contributed by atoms with van der Waals surface area (Å²) in [6.07, 6.45) is 1.56. The van der Waals surface area contributed by atoms with E-state index in [1.165, 1.54) is 18.2 Å². The van der Waals surface area contributed by atoms with Gasteiger partial charge in [-0.2, -0.15) is 0 Å². The van der Waals surface area contributed by atoms with Crippen molar-refractivity contribution >= 4 is 17.9 Å². The summed E-state index contributed by atoms with van der Waals surface area (Å²) in [5.41, 5.74) is -0.113. The van der Waals surface area contributed by atoms with E-state index in [9.17, 15) is 14.4 Å². The molecule has 1 aromatic rings. The fourth-order valence-corrected chi connectivity index (χ4v) is 1.91. The first kappa shape index (κ1) is 18.7. The Morgan fingerprint density at radius 1 is 0.826 bits per heavy atom. The average molecular weight is 322 g/mol. The number of hydrogen-bond acceptors (Lipinski definition) is 6. The molecule has 0 bridgehead atoms. The Morgan fingerprint density at radius 2 is 1.35 bits per heavy atom. The van der Waals surface area contributed by atoms with Crippen LogP contribution < -0.4 is 0 Å². The van der Waals surface area contributed by atoms with Gasteiger partial charge in [0.05, 0.1) is 36.5 Å². The molecule has 0 heterocycles. The van der Waals surface area contributed by atoms with Gasteiger partial charge in [0.2, 0.25) is 0 Å². The van der Waals surface area contributed by atoms with Crippen molar-refractivity contribution in [2.24, 2.45) is 0 Å². The number of carbonyl (C=O) groups excluding carboxylic acids is 3. The summed E-state index contributed by atoms with van der Waals surface area (Å²) in [4.78, 5) is 36.4. The lowest BCUT2D eigenvalue weighted by atomic mass is 10.0. The highest BCUT2D eigenvalue weighted by Crippen LogP contribution is 2.19. The van der Waals surface area contributed by atoms with E-state index in [-0.39, 0.29) is 36.5 Å². The van der Waals surface area contributed by atoms with Crippen molar-refractivity contribution in [1.82, 2.24) is 0 Å². The van der Waals surface area contributed by atoms with E-state index in [1.54, 1.807) is 13.8 Å². The first-order chi connectivity index (χ1) is 11.1. The average Bonchev–Trinajstić information content (AvgIpc) is 2.54. The monoisotopic (exact) mass is 322 g/mol. The molecule has 0 fully saturated rings. The van der Waals surface area contributed by atoms with E-state index < -0.39 is 17.9 Å². The van der Waals surface area contributed by atoms with Gasteiger partial charge in [0.1, 0.15) is 0 Å². The largest absolute Gasteiger partial charge is 0.462 e. The van der Waals surface area contributed by atoms with Gasteiger partial charge in [-0.25, -0.2) is 14.4 Å². The van der Waals surface area contributed by atoms with Gasteiger partial charge in [0.15, 0.2) is 0 Å². The number of hydrogen-bond donors (Lipinski definition) is 0. The van der Waals surface area contributed by atoms with Crippen LogP contribution in [0.15, 0.2) is 18.2 Å². The van der Waals surface area contributed by atoms with Crippen molar-refractivity contribution < 1.29 is 28.6 Å². The first-order valence-corrected chi connectivity index (χ1v) is 7.71. The maximum atomic E-state index is 12.3. The molecule has 0 amide bonds. The number of benzene rings is 1. The van der Waals surface area contributed by atoms with Crippen molar-refractivity contribution in [3.05, 3.63) is 34.9 Å². The van der Waals surface area contributed by atoms with E-state index in [0.29, 0.717) is 6.42 Å². The molecular formula is C17H22O6. The first-order valence-electron chi connectivity index (χ1n) is 7.71. The molecule has 0 aliphatic rings. The van der Waals surface area contributed by atoms with E-state index in [1.807, 2.05) is 6.92 Å². The Morgan fingerprint density at radius 3 is 1.78 bits per heavy atom. The molecule has 0 spiro atoms. The van der Waals surface area contributed by atoms with E-state index in [0.717, 1.165) is 6.42 Å². The van der Waals surface area contributed by atoms with Gasteiger partial charge >= 0.3 is 17.9 Å². The molecule has 0 radical (unpaired) electrons. The van der Waals surface area contributed by atoms with Crippen LogP contribution in [0.3, 0.4) is 0 Å². The summed E-state index contributed by atoms with van der Waals surface area (Å²) in [6.45, 7) is 5.82. The highest BCUT2D eigenvalue weighted by Gasteiger charge is 2.26. The SMILES string of the molecule is CCCCOC(=O)c1c(C(=O)OCC)cccc1C(=O)OCC. The molecule has 126 valence electrons. The molecule has 0 aliphatic heterocycles. The topological polar surface area (TPSA) is 78.9 Å². The minimum Gasteiger partial charge on any atom is -0.462 e. The van der Waals surface area contributed by atoms with Crippen LogP contribution in [0, 0.1) is 0 Å². The van der Waals surface area contributed by atoms with Gasteiger partial charge in [-0.1, -0.05) is 19.4 Å². The fraction of sp³-hybridized carbons (Fsp3) is 0.471. The Labute approximate surface area is 135 Å². The van der Waals surface area contributed by atoms with Crippen LogP contribution in [-0.2, 0) is 14.2 Å². The van der Waals surface area contributed by atoms with E-state index in [4.69, 9.17) is 14.2 Å². The predicted molar refractivity (Wildman–Crippen MR) is 83.5 cm³/mol. The maximum Gasteiger partial charge on any atom is 0.339 e. The highest BCUT2D eigenvalue weighted by atomic mass is 16.5. The molecule has 0 aliphatic carbocycles. The smallest absolute Gasteiger partial charge is 0.339 e. The van der Waals surface area contributed by atoms with Gasteiger partial charge in [0, 0.05) is 0 Å². The van der Waals surface area contributed by atoms with E-state index in [2.05, 4.69) is 0 Å². The van der Waals surface area contributed by atoms with Crippen molar-refractivity contribution in [2.75, 3.05) is 19.8 Å². The van der Waals surface area contributed by atoms with Crippen molar-refractivity contribution in [3.8, 4) is 0 Å². The second-order valence-corrected chi connectivity index (χ2v) is 4.66. The molecule has 0 saturated heterocycles. The third-order valence-electron chi connectivity index (χ3n) is 2.99. The number of esters is 3. The fourth-order valence-electron chi connectivity index (χ4n) is 1.91. The van der Waals surface area contributed by atoms with Gasteiger partial charge in [0.25, 0.3) is 0 Å². The van der Waals surface area contributed by atoms with Gasteiger partial charge < -0.3 is 14.2 Å². The molecule has 0 unspecified atom stereocenters.